The maximum Gasteiger partial charge on any atom is -0.00132 e. The number of rotatable bonds is 1. The van der Waals surface area contributed by atoms with Crippen molar-refractivity contribution in [2.24, 2.45) is 0 Å². The molecule has 0 heteroatoms. The molecular weight excluding hydrogens is 240 g/mol. The van der Waals surface area contributed by atoms with Crippen LogP contribution in [0.5, 0.6) is 0 Å². The maximum absolute atomic E-state index is 2.40. The zero-order chi connectivity index (χ0) is 13.7. The van der Waals surface area contributed by atoms with Gasteiger partial charge in [0.1, 0.15) is 0 Å². The smallest absolute Gasteiger partial charge is 0.00132 e. The third-order valence-electron chi connectivity index (χ3n) is 4.80. The Morgan fingerprint density at radius 1 is 0.850 bits per heavy atom. The Bertz CT molecular complexity index is 772. The van der Waals surface area contributed by atoms with E-state index in [0.717, 1.165) is 12.8 Å². The van der Waals surface area contributed by atoms with Crippen LogP contribution in [-0.2, 0) is 6.42 Å². The summed E-state index contributed by atoms with van der Waals surface area (Å²) in [5, 5.41) is 0. The minimum absolute atomic E-state index is 1.08. The lowest BCUT2D eigenvalue weighted by Crippen LogP contribution is -1.88. The van der Waals surface area contributed by atoms with E-state index in [4.69, 9.17) is 0 Å². The first kappa shape index (κ1) is 11.7. The molecule has 0 saturated carbocycles. The van der Waals surface area contributed by atoms with Gasteiger partial charge in [-0.3, -0.25) is 0 Å². The molecule has 0 radical (unpaired) electrons. The summed E-state index contributed by atoms with van der Waals surface area (Å²) < 4.78 is 0. The van der Waals surface area contributed by atoms with E-state index >= 15 is 0 Å². The summed E-state index contributed by atoms with van der Waals surface area (Å²) in [6.45, 7) is 4.46. The molecule has 0 saturated heterocycles. The van der Waals surface area contributed by atoms with Crippen LogP contribution in [0.15, 0.2) is 59.7 Å². The van der Waals surface area contributed by atoms with Gasteiger partial charge in [0, 0.05) is 0 Å². The van der Waals surface area contributed by atoms with Gasteiger partial charge >= 0.3 is 0 Å². The second-order valence-corrected chi connectivity index (χ2v) is 5.90. The molecule has 0 bridgehead atoms. The molecule has 2 aliphatic carbocycles. The van der Waals surface area contributed by atoms with E-state index < -0.39 is 0 Å². The van der Waals surface area contributed by atoms with Crippen molar-refractivity contribution in [2.75, 3.05) is 0 Å². The summed E-state index contributed by atoms with van der Waals surface area (Å²) in [7, 11) is 0. The molecule has 0 heterocycles. The standard InChI is InChI=1S/C20H18/c1-13-7-9-18(14(13)2)16-8-10-20-17(12-16)11-15-5-3-4-6-19(15)20/h3-8,10,12H,9,11H2,1-2H3. The lowest BCUT2D eigenvalue weighted by molar-refractivity contribution is 1.25. The molecule has 98 valence electrons. The van der Waals surface area contributed by atoms with E-state index in [-0.39, 0.29) is 0 Å². The quantitative estimate of drug-likeness (QED) is 0.549. The summed E-state index contributed by atoms with van der Waals surface area (Å²) in [5.74, 6) is 0. The van der Waals surface area contributed by atoms with Gasteiger partial charge in [0.05, 0.1) is 0 Å². The highest BCUT2D eigenvalue weighted by Gasteiger charge is 2.19. The molecule has 4 rings (SSSR count). The van der Waals surface area contributed by atoms with Gasteiger partial charge in [-0.15, -0.1) is 0 Å². The zero-order valence-electron chi connectivity index (χ0n) is 12.0. The molecule has 0 atom stereocenters. The minimum Gasteiger partial charge on any atom is -0.0769 e. The van der Waals surface area contributed by atoms with Crippen molar-refractivity contribution in [3.8, 4) is 11.1 Å². The largest absolute Gasteiger partial charge is 0.0769 e. The summed E-state index contributed by atoms with van der Waals surface area (Å²) in [5.41, 5.74) is 11.6. The number of allylic oxidation sites excluding steroid dienone is 4. The average Bonchev–Trinajstić information content (AvgIpc) is 2.99. The Balaban J connectivity index is 1.80. The first-order chi connectivity index (χ1) is 9.74. The molecule has 2 aliphatic rings. The van der Waals surface area contributed by atoms with Gasteiger partial charge in [0.15, 0.2) is 0 Å². The molecule has 0 unspecified atom stereocenters. The molecule has 0 spiro atoms. The topological polar surface area (TPSA) is 0 Å². The first-order valence-corrected chi connectivity index (χ1v) is 7.32. The highest BCUT2D eigenvalue weighted by molar-refractivity contribution is 5.82. The van der Waals surface area contributed by atoms with Gasteiger partial charge < -0.3 is 0 Å². The van der Waals surface area contributed by atoms with Crippen molar-refractivity contribution >= 4 is 5.57 Å². The van der Waals surface area contributed by atoms with Crippen LogP contribution in [0, 0.1) is 0 Å². The van der Waals surface area contributed by atoms with Crippen molar-refractivity contribution in [2.45, 2.75) is 26.7 Å². The van der Waals surface area contributed by atoms with Gasteiger partial charge in [-0.1, -0.05) is 54.1 Å². The molecular formula is C20H18. The average molecular weight is 258 g/mol. The third-order valence-corrected chi connectivity index (χ3v) is 4.80. The molecule has 0 aliphatic heterocycles. The molecule has 0 aromatic heterocycles. The minimum atomic E-state index is 1.08. The monoisotopic (exact) mass is 258 g/mol. The van der Waals surface area contributed by atoms with Crippen molar-refractivity contribution in [3.05, 3.63) is 76.4 Å². The fourth-order valence-electron chi connectivity index (χ4n) is 3.47. The predicted molar refractivity (Wildman–Crippen MR) is 85.7 cm³/mol. The lowest BCUT2D eigenvalue weighted by atomic mass is 9.96. The summed E-state index contributed by atoms with van der Waals surface area (Å²) in [4.78, 5) is 0. The fraction of sp³-hybridized carbons (Fsp3) is 0.200. The van der Waals surface area contributed by atoms with Crippen LogP contribution in [0.25, 0.3) is 16.7 Å². The Hall–Kier alpha value is -2.08. The molecule has 0 fully saturated rings. The van der Waals surface area contributed by atoms with Gasteiger partial charge in [-0.2, -0.15) is 0 Å². The molecule has 20 heavy (non-hydrogen) atoms. The normalized spacial score (nSPS) is 16.2. The number of hydrogen-bond donors (Lipinski definition) is 0. The highest BCUT2D eigenvalue weighted by atomic mass is 14.2. The van der Waals surface area contributed by atoms with E-state index in [9.17, 15) is 0 Å². The lowest BCUT2D eigenvalue weighted by Gasteiger charge is -2.08. The maximum atomic E-state index is 2.40. The van der Waals surface area contributed by atoms with Gasteiger partial charge in [0.25, 0.3) is 0 Å². The Morgan fingerprint density at radius 2 is 1.65 bits per heavy atom. The van der Waals surface area contributed by atoms with Crippen LogP contribution in [0.2, 0.25) is 0 Å². The van der Waals surface area contributed by atoms with Gasteiger partial charge in [0.2, 0.25) is 0 Å². The molecule has 0 amide bonds. The number of benzene rings is 2. The summed E-state index contributed by atoms with van der Waals surface area (Å²) >= 11 is 0. The Morgan fingerprint density at radius 3 is 2.45 bits per heavy atom. The van der Waals surface area contributed by atoms with Crippen LogP contribution >= 0.6 is 0 Å². The van der Waals surface area contributed by atoms with Gasteiger partial charge in [-0.25, -0.2) is 0 Å². The van der Waals surface area contributed by atoms with E-state index in [1.807, 2.05) is 0 Å². The van der Waals surface area contributed by atoms with Crippen molar-refractivity contribution in [1.82, 2.24) is 0 Å². The van der Waals surface area contributed by atoms with E-state index in [2.05, 4.69) is 62.4 Å². The zero-order valence-corrected chi connectivity index (χ0v) is 12.0. The van der Waals surface area contributed by atoms with Crippen molar-refractivity contribution < 1.29 is 0 Å². The Labute approximate surface area is 120 Å². The molecule has 0 N–H and O–H groups in total. The first-order valence-electron chi connectivity index (χ1n) is 7.32. The van der Waals surface area contributed by atoms with Crippen molar-refractivity contribution in [1.29, 1.82) is 0 Å². The number of fused-ring (bicyclic) bond motifs is 3. The van der Waals surface area contributed by atoms with Crippen LogP contribution < -0.4 is 0 Å². The van der Waals surface area contributed by atoms with Crippen LogP contribution in [0.1, 0.15) is 37.0 Å². The third kappa shape index (κ3) is 1.61. The SMILES string of the molecule is CC1=CCC(c2ccc3c(c2)Cc2ccccc2-3)=C1C. The molecule has 2 aromatic rings. The Kier molecular flexibility index (Phi) is 2.47. The van der Waals surface area contributed by atoms with E-state index in [1.54, 1.807) is 0 Å². The second kappa shape index (κ2) is 4.21. The second-order valence-electron chi connectivity index (χ2n) is 5.90. The van der Waals surface area contributed by atoms with Crippen LogP contribution in [0.3, 0.4) is 0 Å². The highest BCUT2D eigenvalue weighted by Crippen LogP contribution is 2.40. The summed E-state index contributed by atoms with van der Waals surface area (Å²) in [6, 6.07) is 15.8. The van der Waals surface area contributed by atoms with E-state index in [0.29, 0.717) is 0 Å². The summed E-state index contributed by atoms with van der Waals surface area (Å²) in [6.07, 6.45) is 4.51. The molecule has 2 aromatic carbocycles. The van der Waals surface area contributed by atoms with Crippen molar-refractivity contribution in [3.63, 3.8) is 0 Å². The van der Waals surface area contributed by atoms with Crippen LogP contribution in [-0.4, -0.2) is 0 Å². The van der Waals surface area contributed by atoms with Crippen LogP contribution in [0.4, 0.5) is 0 Å². The van der Waals surface area contributed by atoms with Gasteiger partial charge in [-0.05, 0) is 65.7 Å². The fourth-order valence-corrected chi connectivity index (χ4v) is 3.47. The predicted octanol–water partition coefficient (Wildman–Crippen LogP) is 5.38. The van der Waals surface area contributed by atoms with E-state index in [1.165, 1.54) is 44.5 Å². The molecule has 0 nitrogen and oxygen atoms in total. The number of hydrogen-bond acceptors (Lipinski definition) is 0.